The van der Waals surface area contributed by atoms with Crippen molar-refractivity contribution in [3.05, 3.63) is 146 Å². The molecule has 4 aromatic rings. The summed E-state index contributed by atoms with van der Waals surface area (Å²) in [6.45, 7) is 0.122. The zero-order valence-corrected chi connectivity index (χ0v) is 23.7. The lowest BCUT2D eigenvalue weighted by atomic mass is 9.85. The molecular weight excluding hydrogens is 608 g/mol. The van der Waals surface area contributed by atoms with Gasteiger partial charge in [-0.2, -0.15) is 0 Å². The van der Waals surface area contributed by atoms with E-state index in [2.05, 4.69) is 31.9 Å². The van der Waals surface area contributed by atoms with Crippen LogP contribution in [0.2, 0.25) is 0 Å². The molecule has 38 heavy (non-hydrogen) atoms. The Morgan fingerprint density at radius 3 is 1.55 bits per heavy atom. The molecule has 0 unspecified atom stereocenters. The summed E-state index contributed by atoms with van der Waals surface area (Å²) >= 11 is 6.92. The Balaban J connectivity index is 1.66. The van der Waals surface area contributed by atoms with Crippen LogP contribution in [0.4, 0.5) is 0 Å². The van der Waals surface area contributed by atoms with E-state index in [-0.39, 0.29) is 13.2 Å². The molecule has 0 radical (unpaired) electrons. The molecule has 0 amide bonds. The maximum atomic E-state index is 13.5. The molecule has 6 heteroatoms. The third-order valence-corrected chi connectivity index (χ3v) is 6.99. The zero-order chi connectivity index (χ0) is 26.7. The van der Waals surface area contributed by atoms with Gasteiger partial charge in [0.2, 0.25) is 0 Å². The second kappa shape index (κ2) is 13.9. The average molecular weight is 634 g/mol. The normalized spacial score (nSPS) is 11.9. The number of hydrogen-bond donors (Lipinski definition) is 0. The smallest absolute Gasteiger partial charge is 0.321 e. The molecule has 1 atom stereocenters. The standard InChI is InChI=1S/C32H26Br2O4/c33-27-16-11-23(12-17-27)13-20-29(26-14-18-28(34)19-15-26)30(31(35)37-21-24-7-3-1-4-8-24)32(36)38-22-25-9-5-2-6-10-25/h1-20,29-30H,21-22H2/b20-13+/t29-/m1/s1. The first-order valence-corrected chi connectivity index (χ1v) is 13.7. The molecule has 0 bridgehead atoms. The van der Waals surface area contributed by atoms with Gasteiger partial charge in [-0.15, -0.1) is 0 Å². The molecular formula is C32H26Br2O4. The Bertz CT molecular complexity index is 1300. The summed E-state index contributed by atoms with van der Waals surface area (Å²) < 4.78 is 13.2. The molecule has 0 aliphatic rings. The van der Waals surface area contributed by atoms with Crippen LogP contribution in [0.1, 0.15) is 28.2 Å². The van der Waals surface area contributed by atoms with E-state index in [1.54, 1.807) is 0 Å². The predicted octanol–water partition coefficient (Wildman–Crippen LogP) is 8.11. The van der Waals surface area contributed by atoms with Crippen molar-refractivity contribution in [1.29, 1.82) is 0 Å². The third kappa shape index (κ3) is 8.01. The fourth-order valence-electron chi connectivity index (χ4n) is 3.91. The van der Waals surface area contributed by atoms with Crippen molar-refractivity contribution >= 4 is 49.9 Å². The van der Waals surface area contributed by atoms with Crippen LogP contribution in [-0.2, 0) is 32.3 Å². The van der Waals surface area contributed by atoms with Gasteiger partial charge in [-0.1, -0.05) is 129 Å². The summed E-state index contributed by atoms with van der Waals surface area (Å²) in [6.07, 6.45) is 3.77. The van der Waals surface area contributed by atoms with Crippen molar-refractivity contribution in [3.8, 4) is 0 Å². The van der Waals surface area contributed by atoms with E-state index in [0.29, 0.717) is 0 Å². The first-order chi connectivity index (χ1) is 18.5. The lowest BCUT2D eigenvalue weighted by Gasteiger charge is -2.23. The van der Waals surface area contributed by atoms with E-state index in [4.69, 9.17) is 9.47 Å². The Kier molecular flexibility index (Phi) is 10.1. The minimum Gasteiger partial charge on any atom is -0.460 e. The van der Waals surface area contributed by atoms with Crippen LogP contribution in [0.15, 0.2) is 124 Å². The minimum atomic E-state index is -1.20. The van der Waals surface area contributed by atoms with Crippen molar-refractivity contribution in [1.82, 2.24) is 0 Å². The van der Waals surface area contributed by atoms with Gasteiger partial charge in [-0.3, -0.25) is 9.59 Å². The molecule has 0 aliphatic heterocycles. The Morgan fingerprint density at radius 2 is 1.08 bits per heavy atom. The van der Waals surface area contributed by atoms with Crippen LogP contribution >= 0.6 is 31.9 Å². The summed E-state index contributed by atoms with van der Waals surface area (Å²) in [4.78, 5) is 27.1. The van der Waals surface area contributed by atoms with Gasteiger partial charge in [0.15, 0.2) is 5.92 Å². The van der Waals surface area contributed by atoms with Crippen molar-refractivity contribution in [2.75, 3.05) is 0 Å². The molecule has 0 saturated carbocycles. The van der Waals surface area contributed by atoms with E-state index in [0.717, 1.165) is 31.2 Å². The highest BCUT2D eigenvalue weighted by Gasteiger charge is 2.37. The molecule has 4 rings (SSSR count). The summed E-state index contributed by atoms with van der Waals surface area (Å²) in [6, 6.07) is 34.1. The fourth-order valence-corrected chi connectivity index (χ4v) is 4.44. The van der Waals surface area contributed by atoms with E-state index in [1.807, 2.05) is 121 Å². The van der Waals surface area contributed by atoms with Gasteiger partial charge < -0.3 is 9.47 Å². The van der Waals surface area contributed by atoms with Crippen molar-refractivity contribution in [2.45, 2.75) is 19.1 Å². The van der Waals surface area contributed by atoms with Gasteiger partial charge >= 0.3 is 11.9 Å². The van der Waals surface area contributed by atoms with Gasteiger partial charge in [-0.25, -0.2) is 0 Å². The third-order valence-electron chi connectivity index (χ3n) is 5.94. The van der Waals surface area contributed by atoms with Crippen molar-refractivity contribution in [3.63, 3.8) is 0 Å². The average Bonchev–Trinajstić information content (AvgIpc) is 2.95. The van der Waals surface area contributed by atoms with Crippen LogP contribution in [0.25, 0.3) is 6.08 Å². The van der Waals surface area contributed by atoms with Crippen molar-refractivity contribution < 1.29 is 19.1 Å². The number of benzene rings is 4. The predicted molar refractivity (Wildman–Crippen MR) is 156 cm³/mol. The number of hydrogen-bond acceptors (Lipinski definition) is 4. The maximum absolute atomic E-state index is 13.5. The Labute approximate surface area is 239 Å². The molecule has 0 aliphatic carbocycles. The van der Waals surface area contributed by atoms with Crippen molar-refractivity contribution in [2.24, 2.45) is 5.92 Å². The molecule has 0 heterocycles. The number of esters is 2. The number of carbonyl (C=O) groups is 2. The van der Waals surface area contributed by atoms with E-state index in [9.17, 15) is 9.59 Å². The first kappa shape index (κ1) is 27.6. The quantitative estimate of drug-likeness (QED) is 0.131. The molecule has 0 fully saturated rings. The highest BCUT2D eigenvalue weighted by molar-refractivity contribution is 9.10. The first-order valence-electron chi connectivity index (χ1n) is 12.1. The lowest BCUT2D eigenvalue weighted by molar-refractivity contribution is -0.164. The van der Waals surface area contributed by atoms with E-state index >= 15 is 0 Å². The number of carbonyl (C=O) groups excluding carboxylic acids is 2. The molecule has 4 nitrogen and oxygen atoms in total. The van der Waals surface area contributed by atoms with Crippen LogP contribution in [0, 0.1) is 5.92 Å². The molecule has 0 aromatic heterocycles. The second-order valence-electron chi connectivity index (χ2n) is 8.65. The highest BCUT2D eigenvalue weighted by atomic mass is 79.9. The maximum Gasteiger partial charge on any atom is 0.321 e. The number of allylic oxidation sites excluding steroid dienone is 1. The summed E-state index contributed by atoms with van der Waals surface area (Å²) in [7, 11) is 0. The lowest BCUT2D eigenvalue weighted by Crippen LogP contribution is -2.32. The van der Waals surface area contributed by atoms with E-state index < -0.39 is 23.8 Å². The van der Waals surface area contributed by atoms with E-state index in [1.165, 1.54) is 0 Å². The number of halogens is 2. The van der Waals surface area contributed by atoms with Gasteiger partial charge in [0, 0.05) is 14.9 Å². The van der Waals surface area contributed by atoms with Gasteiger partial charge in [0.05, 0.1) is 0 Å². The van der Waals surface area contributed by atoms with Gasteiger partial charge in [0.1, 0.15) is 13.2 Å². The SMILES string of the molecule is O=C(OCc1ccccc1)C(C(=O)OCc1ccccc1)[C@H](/C=C/c1ccc(Br)cc1)c1ccc(Br)cc1. The number of rotatable bonds is 10. The summed E-state index contributed by atoms with van der Waals surface area (Å²) in [5, 5.41) is 0. The van der Waals surface area contributed by atoms with Crippen LogP contribution in [-0.4, -0.2) is 11.9 Å². The highest BCUT2D eigenvalue weighted by Crippen LogP contribution is 2.31. The molecule has 0 spiro atoms. The van der Waals surface area contributed by atoms with Crippen LogP contribution in [0.5, 0.6) is 0 Å². The Hall–Kier alpha value is -3.48. The fraction of sp³-hybridized carbons (Fsp3) is 0.125. The van der Waals surface area contributed by atoms with Gasteiger partial charge in [0.25, 0.3) is 0 Å². The molecule has 4 aromatic carbocycles. The molecule has 192 valence electrons. The largest absolute Gasteiger partial charge is 0.460 e. The van der Waals surface area contributed by atoms with Crippen LogP contribution < -0.4 is 0 Å². The minimum absolute atomic E-state index is 0.0611. The summed E-state index contributed by atoms with van der Waals surface area (Å²) in [5.74, 6) is -3.09. The molecule has 0 N–H and O–H groups in total. The topological polar surface area (TPSA) is 52.6 Å². The van der Waals surface area contributed by atoms with Crippen LogP contribution in [0.3, 0.4) is 0 Å². The second-order valence-corrected chi connectivity index (χ2v) is 10.5. The Morgan fingerprint density at radius 1 is 0.632 bits per heavy atom. The van der Waals surface area contributed by atoms with Gasteiger partial charge in [-0.05, 0) is 46.5 Å². The monoisotopic (exact) mass is 632 g/mol. The zero-order valence-electron chi connectivity index (χ0n) is 20.5. The molecule has 0 saturated heterocycles. The summed E-state index contributed by atoms with van der Waals surface area (Å²) in [5.41, 5.74) is 3.40. The number of ether oxygens (including phenoxy) is 2.